The number of carbonyl (C=O) groups excluding carboxylic acids is 2. The van der Waals surface area contributed by atoms with Gasteiger partial charge in [-0.15, -0.1) is 11.3 Å². The lowest BCUT2D eigenvalue weighted by atomic mass is 10.1. The van der Waals surface area contributed by atoms with Crippen LogP contribution in [0.1, 0.15) is 20.7 Å². The summed E-state index contributed by atoms with van der Waals surface area (Å²) in [4.78, 5) is 38.4. The van der Waals surface area contributed by atoms with Gasteiger partial charge in [0.15, 0.2) is 5.13 Å². The highest BCUT2D eigenvalue weighted by Gasteiger charge is 2.19. The number of hydrogen-bond donors (Lipinski definition) is 2. The molecule has 160 valence electrons. The Morgan fingerprint density at radius 1 is 1.13 bits per heavy atom. The van der Waals surface area contributed by atoms with Crippen LogP contribution in [0.5, 0.6) is 0 Å². The fourth-order valence-corrected chi connectivity index (χ4v) is 4.24. The summed E-state index contributed by atoms with van der Waals surface area (Å²) in [7, 11) is -2.74. The normalized spacial score (nSPS) is 10.9. The Labute approximate surface area is 179 Å². The first-order valence-corrected chi connectivity index (χ1v) is 10.8. The Bertz CT molecular complexity index is 1240. The highest BCUT2D eigenvalue weighted by molar-refractivity contribution is 7.93. The van der Waals surface area contributed by atoms with Gasteiger partial charge in [-0.05, 0) is 30.3 Å². The molecule has 0 fully saturated rings. The maximum absolute atomic E-state index is 12.5. The van der Waals surface area contributed by atoms with Crippen LogP contribution in [0.4, 0.5) is 16.5 Å². The van der Waals surface area contributed by atoms with Gasteiger partial charge in [0, 0.05) is 35.0 Å². The van der Waals surface area contributed by atoms with E-state index in [2.05, 4.69) is 19.8 Å². The number of hydrogen-bond acceptors (Lipinski definition) is 9. The van der Waals surface area contributed by atoms with Crippen LogP contribution >= 0.6 is 11.3 Å². The van der Waals surface area contributed by atoms with E-state index in [1.54, 1.807) is 5.38 Å². The molecule has 1 heterocycles. The molecule has 0 bridgehead atoms. The van der Waals surface area contributed by atoms with Crippen molar-refractivity contribution in [2.45, 2.75) is 4.90 Å². The summed E-state index contributed by atoms with van der Waals surface area (Å²) in [5.74, 6) is -1.56. The fraction of sp³-hybridized carbons (Fsp3) is 0.0556. The van der Waals surface area contributed by atoms with E-state index in [-0.39, 0.29) is 26.8 Å². The second kappa shape index (κ2) is 8.89. The number of nitro groups is 1. The molecule has 1 amide bonds. The van der Waals surface area contributed by atoms with Gasteiger partial charge in [0.2, 0.25) is 0 Å². The minimum Gasteiger partial charge on any atom is -0.465 e. The molecule has 0 aliphatic carbocycles. The van der Waals surface area contributed by atoms with E-state index in [1.807, 2.05) is 0 Å². The van der Waals surface area contributed by atoms with Crippen molar-refractivity contribution >= 4 is 49.7 Å². The molecular formula is C18H14N4O7S2. The molecule has 13 heteroatoms. The molecule has 0 saturated heterocycles. The molecule has 0 aliphatic heterocycles. The first-order chi connectivity index (χ1) is 14.7. The average molecular weight is 462 g/mol. The van der Waals surface area contributed by atoms with Gasteiger partial charge in [0.25, 0.3) is 21.6 Å². The molecule has 0 atom stereocenters. The number of ether oxygens (including phenoxy) is 1. The fourth-order valence-electron chi connectivity index (χ4n) is 2.45. The number of anilines is 2. The third-order valence-electron chi connectivity index (χ3n) is 3.89. The number of rotatable bonds is 7. The second-order valence-electron chi connectivity index (χ2n) is 5.94. The highest BCUT2D eigenvalue weighted by atomic mass is 32.2. The van der Waals surface area contributed by atoms with E-state index < -0.39 is 32.5 Å². The van der Waals surface area contributed by atoms with E-state index in [1.165, 1.54) is 30.5 Å². The molecule has 31 heavy (non-hydrogen) atoms. The zero-order chi connectivity index (χ0) is 22.6. The molecule has 11 nitrogen and oxygen atoms in total. The van der Waals surface area contributed by atoms with Crippen molar-refractivity contribution in [3.8, 4) is 0 Å². The SMILES string of the molecule is COC(=O)c1cc(C(=O)Nc2ccc(S(=O)(=O)Nc3nccs3)cc2)cc([N+](=O)[O-])c1. The lowest BCUT2D eigenvalue weighted by molar-refractivity contribution is -0.384. The van der Waals surface area contributed by atoms with Gasteiger partial charge in [-0.3, -0.25) is 19.6 Å². The minimum absolute atomic E-state index is 0.0518. The van der Waals surface area contributed by atoms with Crippen LogP contribution in [0.2, 0.25) is 0 Å². The minimum atomic E-state index is -3.85. The van der Waals surface area contributed by atoms with Gasteiger partial charge < -0.3 is 10.1 Å². The number of aromatic nitrogens is 1. The summed E-state index contributed by atoms with van der Waals surface area (Å²) in [6, 6.07) is 8.43. The zero-order valence-corrected chi connectivity index (χ0v) is 17.4. The quantitative estimate of drug-likeness (QED) is 0.308. The van der Waals surface area contributed by atoms with Crippen molar-refractivity contribution in [3.05, 3.63) is 75.3 Å². The summed E-state index contributed by atoms with van der Waals surface area (Å²) in [5.41, 5.74) is -0.514. The molecule has 0 spiro atoms. The number of carbonyl (C=O) groups is 2. The van der Waals surface area contributed by atoms with Gasteiger partial charge >= 0.3 is 5.97 Å². The van der Waals surface area contributed by atoms with Crippen LogP contribution < -0.4 is 10.0 Å². The van der Waals surface area contributed by atoms with Crippen molar-refractivity contribution in [1.82, 2.24) is 4.98 Å². The highest BCUT2D eigenvalue weighted by Crippen LogP contribution is 2.22. The Balaban J connectivity index is 1.80. The van der Waals surface area contributed by atoms with Gasteiger partial charge in [-0.25, -0.2) is 18.2 Å². The average Bonchev–Trinajstić information content (AvgIpc) is 3.25. The number of methoxy groups -OCH3 is 1. The standard InChI is InChI=1S/C18H14N4O7S2/c1-29-17(24)12-8-11(9-14(10-12)22(25)26)16(23)20-13-2-4-15(5-3-13)31(27,28)21-18-19-6-7-30-18/h2-10H,1H3,(H,19,21)(H,20,23). The van der Waals surface area contributed by atoms with E-state index in [0.29, 0.717) is 0 Å². The molecule has 2 N–H and O–H groups in total. The van der Waals surface area contributed by atoms with E-state index in [9.17, 15) is 28.1 Å². The van der Waals surface area contributed by atoms with Gasteiger partial charge in [-0.1, -0.05) is 0 Å². The van der Waals surface area contributed by atoms with Crippen molar-refractivity contribution in [2.24, 2.45) is 0 Å². The zero-order valence-electron chi connectivity index (χ0n) is 15.8. The first kappa shape index (κ1) is 21.9. The number of esters is 1. The molecule has 0 saturated carbocycles. The van der Waals surface area contributed by atoms with Crippen LogP contribution in [-0.2, 0) is 14.8 Å². The second-order valence-corrected chi connectivity index (χ2v) is 8.52. The maximum atomic E-state index is 12.5. The topological polar surface area (TPSA) is 158 Å². The van der Waals surface area contributed by atoms with Crippen LogP contribution in [0.15, 0.2) is 58.9 Å². The number of thiazole rings is 1. The molecular weight excluding hydrogens is 448 g/mol. The van der Waals surface area contributed by atoms with Gasteiger partial charge in [0.1, 0.15) is 0 Å². The van der Waals surface area contributed by atoms with Crippen molar-refractivity contribution in [1.29, 1.82) is 0 Å². The number of non-ortho nitro benzene ring substituents is 1. The number of benzene rings is 2. The summed E-state index contributed by atoms with van der Waals surface area (Å²) < 4.78 is 31.6. The number of sulfonamides is 1. The Kier molecular flexibility index (Phi) is 6.27. The lowest BCUT2D eigenvalue weighted by Crippen LogP contribution is -2.15. The number of amides is 1. The van der Waals surface area contributed by atoms with Crippen LogP contribution in [0.25, 0.3) is 0 Å². The predicted octanol–water partition coefficient (Wildman–Crippen LogP) is 2.89. The first-order valence-electron chi connectivity index (χ1n) is 8.41. The van der Waals surface area contributed by atoms with Crippen LogP contribution in [0, 0.1) is 10.1 Å². The Hall–Kier alpha value is -3.84. The summed E-state index contributed by atoms with van der Waals surface area (Å²) in [6.07, 6.45) is 1.46. The van der Waals surface area contributed by atoms with E-state index >= 15 is 0 Å². The smallest absolute Gasteiger partial charge is 0.338 e. The molecule has 0 aliphatic rings. The lowest BCUT2D eigenvalue weighted by Gasteiger charge is -2.09. The summed E-state index contributed by atoms with van der Waals surface area (Å²) in [6.45, 7) is 0. The summed E-state index contributed by atoms with van der Waals surface area (Å²) in [5, 5.41) is 15.4. The molecule has 3 aromatic rings. The van der Waals surface area contributed by atoms with E-state index in [4.69, 9.17) is 0 Å². The van der Waals surface area contributed by atoms with E-state index in [0.717, 1.165) is 36.6 Å². The number of nitrogens with one attached hydrogen (secondary N) is 2. The van der Waals surface area contributed by atoms with Crippen molar-refractivity contribution in [3.63, 3.8) is 0 Å². The molecule has 1 aromatic heterocycles. The van der Waals surface area contributed by atoms with Gasteiger partial charge in [0.05, 0.1) is 22.5 Å². The van der Waals surface area contributed by atoms with Crippen LogP contribution in [0.3, 0.4) is 0 Å². The molecule has 3 rings (SSSR count). The van der Waals surface area contributed by atoms with Crippen LogP contribution in [-0.4, -0.2) is 37.3 Å². The number of nitro benzene ring substituents is 1. The Morgan fingerprint density at radius 3 is 2.39 bits per heavy atom. The third-order valence-corrected chi connectivity index (χ3v) is 6.06. The number of nitrogens with zero attached hydrogens (tertiary/aromatic N) is 2. The Morgan fingerprint density at radius 2 is 1.81 bits per heavy atom. The maximum Gasteiger partial charge on any atom is 0.338 e. The molecule has 0 unspecified atom stereocenters. The third kappa shape index (κ3) is 5.21. The molecule has 0 radical (unpaired) electrons. The predicted molar refractivity (Wildman–Crippen MR) is 112 cm³/mol. The largest absolute Gasteiger partial charge is 0.465 e. The summed E-state index contributed by atoms with van der Waals surface area (Å²) >= 11 is 1.12. The van der Waals surface area contributed by atoms with Gasteiger partial charge in [-0.2, -0.15) is 0 Å². The van der Waals surface area contributed by atoms with Crippen molar-refractivity contribution < 1.29 is 27.7 Å². The molecule has 2 aromatic carbocycles. The van der Waals surface area contributed by atoms with Crippen molar-refractivity contribution in [2.75, 3.05) is 17.1 Å². The monoisotopic (exact) mass is 462 g/mol.